The van der Waals surface area contributed by atoms with Crippen LogP contribution in [0.15, 0.2) is 48.5 Å². The van der Waals surface area contributed by atoms with Gasteiger partial charge in [0.2, 0.25) is 0 Å². The number of benzene rings is 2. The van der Waals surface area contributed by atoms with Crippen molar-refractivity contribution < 1.29 is 0 Å². The third kappa shape index (κ3) is 2.18. The summed E-state index contributed by atoms with van der Waals surface area (Å²) in [5.41, 5.74) is 5.58. The summed E-state index contributed by atoms with van der Waals surface area (Å²) in [6.45, 7) is 2.13. The molecule has 1 heteroatoms. The lowest BCUT2D eigenvalue weighted by Crippen LogP contribution is -2.26. The van der Waals surface area contributed by atoms with E-state index in [0.29, 0.717) is 5.92 Å². The molecule has 2 aromatic carbocycles. The number of hydrogen-bond donors (Lipinski definition) is 0. The van der Waals surface area contributed by atoms with E-state index < -0.39 is 0 Å². The van der Waals surface area contributed by atoms with Crippen molar-refractivity contribution in [3.63, 3.8) is 0 Å². The van der Waals surface area contributed by atoms with Gasteiger partial charge >= 0.3 is 0 Å². The van der Waals surface area contributed by atoms with Crippen LogP contribution in [0.5, 0.6) is 0 Å². The zero-order valence-electron chi connectivity index (χ0n) is 10.6. The van der Waals surface area contributed by atoms with Gasteiger partial charge in [0, 0.05) is 11.3 Å². The highest BCUT2D eigenvalue weighted by atomic mass is 35.5. The minimum absolute atomic E-state index is 0.210. The summed E-state index contributed by atoms with van der Waals surface area (Å²) >= 11 is 6.60. The van der Waals surface area contributed by atoms with Crippen LogP contribution >= 0.6 is 11.6 Å². The van der Waals surface area contributed by atoms with E-state index in [1.807, 2.05) is 0 Å². The van der Waals surface area contributed by atoms with Crippen LogP contribution < -0.4 is 0 Å². The number of alkyl halides is 1. The van der Waals surface area contributed by atoms with E-state index in [4.69, 9.17) is 11.6 Å². The van der Waals surface area contributed by atoms with E-state index >= 15 is 0 Å². The summed E-state index contributed by atoms with van der Waals surface area (Å²) in [6.07, 6.45) is 2.10. The fourth-order valence-corrected chi connectivity index (χ4v) is 3.23. The van der Waals surface area contributed by atoms with Crippen LogP contribution in [0.2, 0.25) is 0 Å². The highest BCUT2D eigenvalue weighted by molar-refractivity contribution is 6.21. The third-order valence-corrected chi connectivity index (χ3v) is 4.30. The Balaban J connectivity index is 1.72. The summed E-state index contributed by atoms with van der Waals surface area (Å²) in [5.74, 6) is 0.531. The van der Waals surface area contributed by atoms with Gasteiger partial charge in [-0.2, -0.15) is 0 Å². The number of halogens is 1. The molecule has 3 rings (SSSR count). The third-order valence-electron chi connectivity index (χ3n) is 3.84. The van der Waals surface area contributed by atoms with Crippen molar-refractivity contribution in [2.45, 2.75) is 31.1 Å². The SMILES string of the molecule is Cc1cccc(CC(Cl)C2Cc3ccccc32)c1. The molecule has 2 unspecified atom stereocenters. The van der Waals surface area contributed by atoms with Crippen molar-refractivity contribution in [3.8, 4) is 0 Å². The molecule has 0 radical (unpaired) electrons. The number of fused-ring (bicyclic) bond motifs is 1. The Labute approximate surface area is 114 Å². The molecular formula is C17H17Cl. The van der Waals surface area contributed by atoms with Crippen LogP contribution in [0.4, 0.5) is 0 Å². The number of hydrogen-bond acceptors (Lipinski definition) is 0. The van der Waals surface area contributed by atoms with Crippen molar-refractivity contribution in [3.05, 3.63) is 70.8 Å². The van der Waals surface area contributed by atoms with Crippen molar-refractivity contribution in [2.75, 3.05) is 0 Å². The molecule has 92 valence electrons. The average molecular weight is 257 g/mol. The topological polar surface area (TPSA) is 0 Å². The number of rotatable bonds is 3. The normalized spacial score (nSPS) is 18.9. The molecule has 0 aromatic heterocycles. The molecular weight excluding hydrogens is 240 g/mol. The van der Waals surface area contributed by atoms with Crippen molar-refractivity contribution in [1.82, 2.24) is 0 Å². The van der Waals surface area contributed by atoms with Gasteiger partial charge in [-0.15, -0.1) is 11.6 Å². The van der Waals surface area contributed by atoms with Crippen LogP contribution in [-0.2, 0) is 12.8 Å². The minimum Gasteiger partial charge on any atom is -0.122 e. The Bertz CT molecular complexity index is 559. The second-order valence-electron chi connectivity index (χ2n) is 5.22. The lowest BCUT2D eigenvalue weighted by atomic mass is 9.74. The van der Waals surface area contributed by atoms with Crippen LogP contribution in [0.25, 0.3) is 0 Å². The van der Waals surface area contributed by atoms with Crippen LogP contribution in [-0.4, -0.2) is 5.38 Å². The van der Waals surface area contributed by atoms with Crippen molar-refractivity contribution in [2.24, 2.45) is 0 Å². The highest BCUT2D eigenvalue weighted by Crippen LogP contribution is 2.40. The Morgan fingerprint density at radius 3 is 2.78 bits per heavy atom. The fraction of sp³-hybridized carbons (Fsp3) is 0.294. The Morgan fingerprint density at radius 1 is 1.17 bits per heavy atom. The van der Waals surface area contributed by atoms with Crippen molar-refractivity contribution in [1.29, 1.82) is 0 Å². The molecule has 18 heavy (non-hydrogen) atoms. The Kier molecular flexibility index (Phi) is 3.13. The van der Waals surface area contributed by atoms with E-state index in [0.717, 1.165) is 12.8 Å². The fourth-order valence-electron chi connectivity index (χ4n) is 2.83. The molecule has 0 N–H and O–H groups in total. The van der Waals surface area contributed by atoms with E-state index in [2.05, 4.69) is 55.5 Å². The van der Waals surface area contributed by atoms with Gasteiger partial charge in [0.25, 0.3) is 0 Å². The molecule has 1 aliphatic rings. The molecule has 0 amide bonds. The van der Waals surface area contributed by atoms with Crippen LogP contribution in [0, 0.1) is 6.92 Å². The predicted octanol–water partition coefficient (Wildman–Crippen LogP) is 4.48. The molecule has 0 fully saturated rings. The first kappa shape index (κ1) is 11.8. The second-order valence-corrected chi connectivity index (χ2v) is 5.78. The van der Waals surface area contributed by atoms with Crippen LogP contribution in [0.1, 0.15) is 28.2 Å². The Morgan fingerprint density at radius 2 is 2.00 bits per heavy atom. The standard InChI is InChI=1S/C17H17Cl/c1-12-5-4-6-13(9-12)10-17(18)16-11-14-7-2-3-8-15(14)16/h2-9,16-17H,10-11H2,1H3. The molecule has 0 aliphatic heterocycles. The van der Waals surface area contributed by atoms with Gasteiger partial charge < -0.3 is 0 Å². The van der Waals surface area contributed by atoms with Crippen molar-refractivity contribution >= 4 is 11.6 Å². The van der Waals surface area contributed by atoms with Gasteiger partial charge in [-0.05, 0) is 36.5 Å². The molecule has 0 spiro atoms. The van der Waals surface area contributed by atoms with Gasteiger partial charge in [0.15, 0.2) is 0 Å². The molecule has 2 aromatic rings. The molecule has 0 saturated heterocycles. The molecule has 0 nitrogen and oxygen atoms in total. The van der Waals surface area contributed by atoms with Gasteiger partial charge in [-0.3, -0.25) is 0 Å². The first-order valence-corrected chi connectivity index (χ1v) is 6.95. The summed E-state index contributed by atoms with van der Waals surface area (Å²) < 4.78 is 0. The lowest BCUT2D eigenvalue weighted by molar-refractivity contribution is 0.567. The lowest BCUT2D eigenvalue weighted by Gasteiger charge is -2.33. The molecule has 0 saturated carbocycles. The number of aryl methyl sites for hydroxylation is 1. The van der Waals surface area contributed by atoms with E-state index in [9.17, 15) is 0 Å². The summed E-state index contributed by atoms with van der Waals surface area (Å²) in [4.78, 5) is 0. The first-order valence-electron chi connectivity index (χ1n) is 6.51. The highest BCUT2D eigenvalue weighted by Gasteiger charge is 2.31. The van der Waals surface area contributed by atoms with Gasteiger partial charge in [-0.1, -0.05) is 54.1 Å². The van der Waals surface area contributed by atoms with E-state index in [1.165, 1.54) is 22.3 Å². The summed E-state index contributed by atoms with van der Waals surface area (Å²) in [6, 6.07) is 17.3. The maximum Gasteiger partial charge on any atom is 0.0448 e. The first-order chi connectivity index (χ1) is 8.74. The van der Waals surface area contributed by atoms with E-state index in [1.54, 1.807) is 0 Å². The minimum atomic E-state index is 0.210. The van der Waals surface area contributed by atoms with Crippen LogP contribution in [0.3, 0.4) is 0 Å². The van der Waals surface area contributed by atoms with Gasteiger partial charge in [-0.25, -0.2) is 0 Å². The maximum absolute atomic E-state index is 6.60. The monoisotopic (exact) mass is 256 g/mol. The zero-order chi connectivity index (χ0) is 12.5. The molecule has 1 aliphatic carbocycles. The van der Waals surface area contributed by atoms with E-state index in [-0.39, 0.29) is 5.38 Å². The molecule has 0 bridgehead atoms. The molecule has 0 heterocycles. The predicted molar refractivity (Wildman–Crippen MR) is 77.4 cm³/mol. The maximum atomic E-state index is 6.60. The second kappa shape index (κ2) is 4.78. The van der Waals surface area contributed by atoms with Gasteiger partial charge in [0.1, 0.15) is 0 Å². The zero-order valence-corrected chi connectivity index (χ0v) is 11.3. The smallest absolute Gasteiger partial charge is 0.0448 e. The summed E-state index contributed by atoms with van der Waals surface area (Å²) in [7, 11) is 0. The molecule has 2 atom stereocenters. The largest absolute Gasteiger partial charge is 0.122 e. The average Bonchev–Trinajstić information content (AvgIpc) is 2.30. The van der Waals surface area contributed by atoms with Gasteiger partial charge in [0.05, 0.1) is 0 Å². The Hall–Kier alpha value is -1.27. The quantitative estimate of drug-likeness (QED) is 0.710. The summed E-state index contributed by atoms with van der Waals surface area (Å²) in [5, 5.41) is 0.210.